The molecule has 7 heteroatoms. The molecular formula is C9H16N2O5. The number of carbonyl (C=O) groups is 2. The van der Waals surface area contributed by atoms with Crippen LogP contribution in [0.5, 0.6) is 0 Å². The number of carboxylic acids is 2. The van der Waals surface area contributed by atoms with E-state index in [4.69, 9.17) is 14.9 Å². The Morgan fingerprint density at radius 3 is 2.19 bits per heavy atom. The molecule has 0 heterocycles. The second kappa shape index (κ2) is 10.3. The Balaban J connectivity index is 2.98. The summed E-state index contributed by atoms with van der Waals surface area (Å²) in [6.07, 6.45) is 0.583. The van der Waals surface area contributed by atoms with Gasteiger partial charge in [-0.3, -0.25) is 9.59 Å². The molecule has 0 spiro atoms. The van der Waals surface area contributed by atoms with E-state index in [1.165, 1.54) is 6.54 Å². The summed E-state index contributed by atoms with van der Waals surface area (Å²) in [5, 5.41) is 21.7. The number of hydrogen-bond acceptors (Lipinski definition) is 5. The van der Waals surface area contributed by atoms with Crippen LogP contribution in [-0.2, 0) is 14.3 Å². The lowest BCUT2D eigenvalue weighted by Crippen LogP contribution is -2.22. The van der Waals surface area contributed by atoms with Gasteiger partial charge in [-0.25, -0.2) is 0 Å². The Hall–Kier alpha value is -1.18. The van der Waals surface area contributed by atoms with Gasteiger partial charge in [0.25, 0.3) is 0 Å². The first kappa shape index (κ1) is 14.8. The number of carboxylic acid groups (broad SMARTS) is 2. The fourth-order valence-electron chi connectivity index (χ4n) is 0.764. The summed E-state index contributed by atoms with van der Waals surface area (Å²) in [4.78, 5) is 20.2. The summed E-state index contributed by atoms with van der Waals surface area (Å²) in [6, 6.07) is 0. The lowest BCUT2D eigenvalue weighted by Gasteiger charge is -2.04. The molecule has 7 nitrogen and oxygen atoms in total. The number of aliphatic carboxylic acids is 2. The second-order valence-corrected chi connectivity index (χ2v) is 2.82. The quantitative estimate of drug-likeness (QED) is 0.341. The average Bonchev–Trinajstić information content (AvgIpc) is 2.20. The maximum Gasteiger partial charge on any atom is 0.317 e. The maximum absolute atomic E-state index is 10.1. The highest BCUT2D eigenvalue weighted by molar-refractivity contribution is 5.69. The fraction of sp³-hybridized carbons (Fsp3) is 0.556. The average molecular weight is 232 g/mol. The summed E-state index contributed by atoms with van der Waals surface area (Å²) in [7, 11) is 0. The van der Waals surface area contributed by atoms with E-state index < -0.39 is 11.9 Å². The van der Waals surface area contributed by atoms with Gasteiger partial charge in [-0.1, -0.05) is 0 Å². The highest BCUT2D eigenvalue weighted by Gasteiger charge is 1.96. The van der Waals surface area contributed by atoms with Gasteiger partial charge in [0.1, 0.15) is 0 Å². The first-order chi connectivity index (χ1) is 7.63. The standard InChI is InChI=1S/C9H16N2O5/c12-8(13)6-10-2-1-4-16-5-3-11-7-9(14)15/h2-3,10-11H,1,4-7H2,(H,12,13)(H,14,15). The van der Waals surface area contributed by atoms with E-state index in [2.05, 4.69) is 10.6 Å². The molecule has 0 amide bonds. The van der Waals surface area contributed by atoms with Crippen molar-refractivity contribution in [2.75, 3.05) is 26.3 Å². The van der Waals surface area contributed by atoms with Crippen LogP contribution in [0.4, 0.5) is 0 Å². The van der Waals surface area contributed by atoms with Gasteiger partial charge in [0.2, 0.25) is 0 Å². The molecule has 0 aromatic carbocycles. The lowest BCUT2D eigenvalue weighted by atomic mass is 10.4. The molecule has 0 rings (SSSR count). The lowest BCUT2D eigenvalue weighted by molar-refractivity contribution is -0.136. The monoisotopic (exact) mass is 232 g/mol. The molecule has 2 radical (unpaired) electrons. The highest BCUT2D eigenvalue weighted by Crippen LogP contribution is 1.85. The largest absolute Gasteiger partial charge is 0.480 e. The molecule has 0 aromatic heterocycles. The smallest absolute Gasteiger partial charge is 0.317 e. The molecule has 4 N–H and O–H groups in total. The van der Waals surface area contributed by atoms with Gasteiger partial charge in [0.15, 0.2) is 0 Å². The molecule has 0 aliphatic rings. The van der Waals surface area contributed by atoms with Crippen molar-refractivity contribution in [1.29, 1.82) is 0 Å². The third kappa shape index (κ3) is 12.8. The van der Waals surface area contributed by atoms with Gasteiger partial charge < -0.3 is 25.6 Å². The van der Waals surface area contributed by atoms with Crippen LogP contribution < -0.4 is 10.6 Å². The van der Waals surface area contributed by atoms with Gasteiger partial charge in [-0.15, -0.1) is 0 Å². The minimum Gasteiger partial charge on any atom is -0.480 e. The first-order valence-electron chi connectivity index (χ1n) is 4.74. The minimum absolute atomic E-state index is 0.105. The van der Waals surface area contributed by atoms with Crippen molar-refractivity contribution in [2.45, 2.75) is 6.42 Å². The van der Waals surface area contributed by atoms with E-state index in [1.54, 1.807) is 6.54 Å². The number of nitrogens with one attached hydrogen (secondary N) is 2. The van der Waals surface area contributed by atoms with E-state index in [0.29, 0.717) is 19.6 Å². The third-order valence-corrected chi connectivity index (χ3v) is 1.40. The Morgan fingerprint density at radius 1 is 1.06 bits per heavy atom. The Bertz CT molecular complexity index is 188. The second-order valence-electron chi connectivity index (χ2n) is 2.82. The molecule has 0 saturated heterocycles. The van der Waals surface area contributed by atoms with Crippen molar-refractivity contribution in [3.05, 3.63) is 13.1 Å². The normalized spacial score (nSPS) is 10.2. The SMILES string of the molecule is O=C(O)CN[CH]CCOC[CH]NCC(=O)O. The Kier molecular flexibility index (Phi) is 9.58. The number of hydrogen-bond donors (Lipinski definition) is 4. The van der Waals surface area contributed by atoms with Crippen molar-refractivity contribution in [1.82, 2.24) is 10.6 Å². The van der Waals surface area contributed by atoms with E-state index in [1.807, 2.05) is 0 Å². The molecule has 0 saturated carbocycles. The summed E-state index contributed by atoms with van der Waals surface area (Å²) < 4.78 is 5.09. The summed E-state index contributed by atoms with van der Waals surface area (Å²) in [5.41, 5.74) is 0. The van der Waals surface area contributed by atoms with Gasteiger partial charge in [-0.2, -0.15) is 0 Å². The third-order valence-electron chi connectivity index (χ3n) is 1.40. The zero-order valence-electron chi connectivity index (χ0n) is 8.81. The fourth-order valence-corrected chi connectivity index (χ4v) is 0.764. The zero-order valence-corrected chi connectivity index (χ0v) is 8.81. The van der Waals surface area contributed by atoms with Crippen molar-refractivity contribution in [2.24, 2.45) is 0 Å². The molecular weight excluding hydrogens is 216 g/mol. The number of rotatable bonds is 11. The predicted octanol–water partition coefficient (Wildman–Crippen LogP) is -0.935. The van der Waals surface area contributed by atoms with Crippen molar-refractivity contribution < 1.29 is 24.5 Å². The zero-order chi connectivity index (χ0) is 12.2. The van der Waals surface area contributed by atoms with Crippen LogP contribution in [0, 0.1) is 13.1 Å². The molecule has 92 valence electrons. The molecule has 0 aliphatic heterocycles. The number of ether oxygens (including phenoxy) is 1. The van der Waals surface area contributed by atoms with Crippen LogP contribution in [0.1, 0.15) is 6.42 Å². The summed E-state index contributed by atoms with van der Waals surface area (Å²) >= 11 is 0. The molecule has 0 fully saturated rings. The van der Waals surface area contributed by atoms with E-state index in [-0.39, 0.29) is 13.1 Å². The molecule has 0 unspecified atom stereocenters. The summed E-state index contributed by atoms with van der Waals surface area (Å²) in [5.74, 6) is -1.84. The van der Waals surface area contributed by atoms with Crippen LogP contribution in [0.3, 0.4) is 0 Å². The Labute approximate surface area is 93.8 Å². The van der Waals surface area contributed by atoms with Gasteiger partial charge in [0, 0.05) is 19.7 Å². The maximum atomic E-state index is 10.1. The van der Waals surface area contributed by atoms with Crippen molar-refractivity contribution >= 4 is 11.9 Å². The summed E-state index contributed by atoms with van der Waals surface area (Å²) in [6.45, 7) is 3.64. The topological polar surface area (TPSA) is 108 Å². The van der Waals surface area contributed by atoms with Crippen LogP contribution in [0.25, 0.3) is 0 Å². The van der Waals surface area contributed by atoms with Crippen LogP contribution in [0.2, 0.25) is 0 Å². The van der Waals surface area contributed by atoms with E-state index in [9.17, 15) is 9.59 Å². The van der Waals surface area contributed by atoms with Crippen LogP contribution in [-0.4, -0.2) is 48.5 Å². The molecule has 0 aromatic rings. The van der Waals surface area contributed by atoms with Crippen LogP contribution >= 0.6 is 0 Å². The van der Waals surface area contributed by atoms with Gasteiger partial charge >= 0.3 is 11.9 Å². The molecule has 0 aliphatic carbocycles. The molecule has 0 atom stereocenters. The van der Waals surface area contributed by atoms with Gasteiger partial charge in [-0.05, 0) is 6.42 Å². The van der Waals surface area contributed by atoms with Crippen molar-refractivity contribution in [3.63, 3.8) is 0 Å². The Morgan fingerprint density at radius 2 is 1.62 bits per heavy atom. The van der Waals surface area contributed by atoms with E-state index in [0.717, 1.165) is 0 Å². The van der Waals surface area contributed by atoms with E-state index >= 15 is 0 Å². The minimum atomic E-state index is -0.928. The molecule has 16 heavy (non-hydrogen) atoms. The molecule has 0 bridgehead atoms. The predicted molar refractivity (Wildman–Crippen MR) is 55.3 cm³/mol. The first-order valence-corrected chi connectivity index (χ1v) is 4.74. The van der Waals surface area contributed by atoms with Crippen molar-refractivity contribution in [3.8, 4) is 0 Å². The highest BCUT2D eigenvalue weighted by atomic mass is 16.5. The van der Waals surface area contributed by atoms with Gasteiger partial charge in [0.05, 0.1) is 19.7 Å². The van der Waals surface area contributed by atoms with Crippen LogP contribution in [0.15, 0.2) is 0 Å².